The Labute approximate surface area is 324 Å². The number of ether oxygens (including phenoxy) is 2. The quantitative estimate of drug-likeness (QED) is 0.0676. The maximum atomic E-state index is 12.0. The third-order valence-corrected chi connectivity index (χ3v) is 14.5. The van der Waals surface area contributed by atoms with Crippen LogP contribution in [0.3, 0.4) is 0 Å². The lowest BCUT2D eigenvalue weighted by Crippen LogP contribution is -2.09. The summed E-state index contributed by atoms with van der Waals surface area (Å²) in [5.41, 5.74) is 5.41. The number of hydrogen-bond donors (Lipinski definition) is 4. The van der Waals surface area contributed by atoms with E-state index in [1.54, 1.807) is 9.36 Å². The zero-order chi connectivity index (χ0) is 38.5. The van der Waals surface area contributed by atoms with Gasteiger partial charge in [-0.2, -0.15) is 27.0 Å². The second-order valence-corrected chi connectivity index (χ2v) is 18.8. The third kappa shape index (κ3) is 7.60. The van der Waals surface area contributed by atoms with Gasteiger partial charge < -0.3 is 19.7 Å². The number of nitrogens with zero attached hydrogens (tertiary/aromatic N) is 4. The summed E-state index contributed by atoms with van der Waals surface area (Å²) in [5.74, 6) is 0.658. The Morgan fingerprint density at radius 2 is 1.04 bits per heavy atom. The monoisotopic (exact) mass is 824 g/mol. The summed E-state index contributed by atoms with van der Waals surface area (Å²) in [6.45, 7) is 0.897. The van der Waals surface area contributed by atoms with Gasteiger partial charge in [0.25, 0.3) is 0 Å². The highest BCUT2D eigenvalue weighted by atomic mass is 32.3. The SMILES string of the molecule is O=S(=O)(O)c1cc2c(s1)-c1c(c(C(O)CCCCCC(O)c3nn(Cc4ccccc4)c4c3COc3cc(S(=O)(=O)O)sc3-4)nn1Cc1ccccc1)CO2. The van der Waals surface area contributed by atoms with Crippen LogP contribution in [0.1, 0.15) is 78.0 Å². The molecule has 0 fully saturated rings. The zero-order valence-electron chi connectivity index (χ0n) is 29.1. The largest absolute Gasteiger partial charge is 0.487 e. The first-order valence-electron chi connectivity index (χ1n) is 17.5. The summed E-state index contributed by atoms with van der Waals surface area (Å²) in [5, 5.41) is 32.4. The molecule has 0 bridgehead atoms. The molecule has 0 saturated carbocycles. The number of unbranched alkanes of at least 4 members (excludes halogenated alkanes) is 2. The molecule has 18 heteroatoms. The van der Waals surface area contributed by atoms with Crippen LogP contribution in [0, 0.1) is 0 Å². The minimum Gasteiger partial charge on any atom is -0.487 e. The van der Waals surface area contributed by atoms with Gasteiger partial charge in [0, 0.05) is 23.3 Å². The Morgan fingerprint density at radius 1 is 0.636 bits per heavy atom. The van der Waals surface area contributed by atoms with Crippen LogP contribution < -0.4 is 9.47 Å². The molecule has 6 aromatic rings. The Hall–Kier alpha value is -4.40. The van der Waals surface area contributed by atoms with Gasteiger partial charge in [0.05, 0.1) is 57.8 Å². The highest BCUT2D eigenvalue weighted by molar-refractivity contribution is 7.88. The van der Waals surface area contributed by atoms with Crippen LogP contribution in [0.15, 0.2) is 81.2 Å². The molecule has 2 unspecified atom stereocenters. The normalized spacial score (nSPS) is 14.6. The molecule has 288 valence electrons. The topological polar surface area (TPSA) is 203 Å². The summed E-state index contributed by atoms with van der Waals surface area (Å²) < 4.78 is 82.0. The molecule has 4 N–H and O–H groups in total. The van der Waals surface area contributed by atoms with E-state index in [2.05, 4.69) is 0 Å². The average molecular weight is 825 g/mol. The van der Waals surface area contributed by atoms with Crippen LogP contribution in [0.4, 0.5) is 0 Å². The van der Waals surface area contributed by atoms with Crippen molar-refractivity contribution in [2.24, 2.45) is 0 Å². The molecule has 55 heavy (non-hydrogen) atoms. The van der Waals surface area contributed by atoms with Crippen molar-refractivity contribution >= 4 is 42.9 Å². The van der Waals surface area contributed by atoms with E-state index in [4.69, 9.17) is 19.7 Å². The summed E-state index contributed by atoms with van der Waals surface area (Å²) in [4.78, 5) is 1.02. The Morgan fingerprint density at radius 3 is 1.42 bits per heavy atom. The first-order valence-corrected chi connectivity index (χ1v) is 22.0. The number of hydrogen-bond acceptors (Lipinski definition) is 12. The van der Waals surface area contributed by atoms with Crippen LogP contribution in [-0.2, 0) is 46.5 Å². The molecule has 6 heterocycles. The van der Waals surface area contributed by atoms with Crippen LogP contribution in [0.5, 0.6) is 11.5 Å². The van der Waals surface area contributed by atoms with Crippen molar-refractivity contribution in [2.75, 3.05) is 0 Å². The highest BCUT2D eigenvalue weighted by Gasteiger charge is 2.34. The Bertz CT molecular complexity index is 2400. The second kappa shape index (κ2) is 14.9. The van der Waals surface area contributed by atoms with Crippen molar-refractivity contribution in [3.8, 4) is 32.6 Å². The van der Waals surface area contributed by atoms with Crippen molar-refractivity contribution in [3.05, 3.63) is 106 Å². The van der Waals surface area contributed by atoms with Crippen LogP contribution in [0.2, 0.25) is 0 Å². The van der Waals surface area contributed by atoms with Gasteiger partial charge >= 0.3 is 20.2 Å². The van der Waals surface area contributed by atoms with Gasteiger partial charge in [0.15, 0.2) is 8.42 Å². The fourth-order valence-electron chi connectivity index (χ4n) is 7.04. The van der Waals surface area contributed by atoms with E-state index >= 15 is 0 Å². The lowest BCUT2D eigenvalue weighted by Gasteiger charge is -2.18. The molecule has 0 saturated heterocycles. The van der Waals surface area contributed by atoms with E-state index in [9.17, 15) is 36.2 Å². The van der Waals surface area contributed by atoms with Crippen LogP contribution in [0.25, 0.3) is 21.1 Å². The maximum absolute atomic E-state index is 12.0. The average Bonchev–Trinajstić information content (AvgIpc) is 3.94. The lowest BCUT2D eigenvalue weighted by atomic mass is 9.99. The summed E-state index contributed by atoms with van der Waals surface area (Å²) in [6, 6.07) is 21.9. The van der Waals surface area contributed by atoms with Gasteiger partial charge in [-0.3, -0.25) is 18.5 Å². The van der Waals surface area contributed by atoms with Gasteiger partial charge in [-0.15, -0.1) is 22.7 Å². The first kappa shape index (κ1) is 37.5. The molecule has 2 aliphatic heterocycles. The molecule has 0 amide bonds. The molecule has 4 aromatic heterocycles. The summed E-state index contributed by atoms with van der Waals surface area (Å²) in [7, 11) is -8.90. The summed E-state index contributed by atoms with van der Waals surface area (Å²) >= 11 is 1.78. The fourth-order valence-corrected chi connectivity index (χ4v) is 10.7. The van der Waals surface area contributed by atoms with Gasteiger partial charge in [0.2, 0.25) is 0 Å². The predicted octanol–water partition coefficient (Wildman–Crippen LogP) is 6.63. The molecular weight excluding hydrogens is 789 g/mol. The molecule has 0 aliphatic carbocycles. The minimum atomic E-state index is -4.45. The van der Waals surface area contributed by atoms with Gasteiger partial charge in [-0.25, -0.2) is 0 Å². The van der Waals surface area contributed by atoms with E-state index in [0.29, 0.717) is 100 Å². The Balaban J connectivity index is 0.970. The number of fused-ring (bicyclic) bond motifs is 6. The third-order valence-electron chi connectivity index (χ3n) is 9.63. The fraction of sp³-hybridized carbons (Fsp3) is 0.297. The molecule has 2 aliphatic rings. The van der Waals surface area contributed by atoms with Crippen LogP contribution >= 0.6 is 22.7 Å². The van der Waals surface area contributed by atoms with Crippen molar-refractivity contribution in [1.29, 1.82) is 0 Å². The number of aromatic nitrogens is 4. The number of benzene rings is 2. The maximum Gasteiger partial charge on any atom is 0.304 e. The molecule has 14 nitrogen and oxygen atoms in total. The number of thiophene rings is 2. The lowest BCUT2D eigenvalue weighted by molar-refractivity contribution is 0.146. The van der Waals surface area contributed by atoms with Crippen molar-refractivity contribution in [2.45, 2.75) is 79.0 Å². The van der Waals surface area contributed by atoms with Gasteiger partial charge in [-0.1, -0.05) is 79.9 Å². The van der Waals surface area contributed by atoms with E-state index in [-0.39, 0.29) is 21.6 Å². The second-order valence-electron chi connectivity index (χ2n) is 13.4. The van der Waals surface area contributed by atoms with Gasteiger partial charge in [0.1, 0.15) is 24.7 Å². The molecule has 2 aromatic carbocycles. The van der Waals surface area contributed by atoms with Crippen molar-refractivity contribution < 1.29 is 45.6 Å². The van der Waals surface area contributed by atoms with E-state index in [1.165, 1.54) is 12.1 Å². The molecule has 0 spiro atoms. The molecule has 0 radical (unpaired) electrons. The molecule has 2 atom stereocenters. The molecule has 8 rings (SSSR count). The number of aliphatic hydroxyl groups is 2. The predicted molar refractivity (Wildman–Crippen MR) is 203 cm³/mol. The summed E-state index contributed by atoms with van der Waals surface area (Å²) in [6.07, 6.45) is 0.801. The van der Waals surface area contributed by atoms with E-state index < -0.39 is 32.4 Å². The van der Waals surface area contributed by atoms with Crippen molar-refractivity contribution in [1.82, 2.24) is 19.6 Å². The number of aliphatic hydroxyl groups excluding tert-OH is 2. The zero-order valence-corrected chi connectivity index (χ0v) is 32.4. The van der Waals surface area contributed by atoms with E-state index in [0.717, 1.165) is 33.8 Å². The number of rotatable bonds is 14. The standard InChI is InChI=1S/C37H36N4O10S4/c42-26(32-24-20-50-28-16-30(54(44,45)46)52-36(28)34(24)40(38-32)18-22-10-4-1-5-11-22)14-8-3-9-15-27(43)33-25-21-51-29-17-31(55(47,48)49)53-37(29)35(25)41(39-33)19-23-12-6-2-7-13-23/h1-2,4-7,10-13,16-17,26-27,42-43H,3,8-9,14-15,18-21H2,(H,44,45,46)(H,47,48,49). The van der Waals surface area contributed by atoms with Crippen molar-refractivity contribution in [3.63, 3.8) is 0 Å². The van der Waals surface area contributed by atoms with Gasteiger partial charge in [-0.05, 0) is 24.0 Å². The van der Waals surface area contributed by atoms with E-state index in [1.807, 2.05) is 60.7 Å². The first-order chi connectivity index (χ1) is 26.3. The minimum absolute atomic E-state index is 0.0758. The highest BCUT2D eigenvalue weighted by Crippen LogP contribution is 2.48. The van der Waals surface area contributed by atoms with Crippen LogP contribution in [-0.4, -0.2) is 55.7 Å². The smallest absolute Gasteiger partial charge is 0.304 e. The molecular formula is C37H36N4O10S4. The Kier molecular flexibility index (Phi) is 10.2.